The molecule has 2 aromatic rings. The molecule has 0 aromatic heterocycles. The number of allylic oxidation sites excluding steroid dienone is 2. The minimum Gasteiger partial charge on any atom is -0.400 e. The quantitative estimate of drug-likeness (QED) is 0.377. The largest absolute Gasteiger partial charge is 0.400 e. The first-order valence-corrected chi connectivity index (χ1v) is 14.4. The summed E-state index contributed by atoms with van der Waals surface area (Å²) in [6, 6.07) is 16.6. The molecule has 0 amide bonds. The molecule has 0 radical (unpaired) electrons. The average Bonchev–Trinajstić information content (AvgIpc) is 2.98. The molecule has 3 nitrogen and oxygen atoms in total. The summed E-state index contributed by atoms with van der Waals surface area (Å²) in [6.45, 7) is 21.5. The van der Waals surface area contributed by atoms with Crippen molar-refractivity contribution in [2.75, 3.05) is 14.2 Å². The van der Waals surface area contributed by atoms with Crippen LogP contribution >= 0.6 is 0 Å². The molecule has 1 fully saturated rings. The van der Waals surface area contributed by atoms with Gasteiger partial charge in [-0.15, -0.1) is 0 Å². The lowest BCUT2D eigenvalue weighted by molar-refractivity contribution is -0.119. The monoisotopic (exact) mass is 533 g/mol. The predicted molar refractivity (Wildman–Crippen MR) is 173 cm³/mol. The number of benzene rings is 2. The number of rotatable bonds is 5. The zero-order valence-corrected chi connectivity index (χ0v) is 26.3. The van der Waals surface area contributed by atoms with Crippen molar-refractivity contribution in [3.8, 4) is 11.8 Å². The zero-order chi connectivity index (χ0) is 30.2. The molecule has 0 aliphatic heterocycles. The zero-order valence-electron chi connectivity index (χ0n) is 26.3. The molecule has 1 aliphatic rings. The third kappa shape index (κ3) is 17.9. The van der Waals surface area contributed by atoms with E-state index in [9.17, 15) is 4.79 Å². The van der Waals surface area contributed by atoms with Gasteiger partial charge in [0.05, 0.1) is 5.92 Å². The minimum absolute atomic E-state index is 0.0602. The number of Topliss-reactive ketones (excluding diaryl/α,β-unsaturated/α-hetero) is 1. The highest BCUT2D eigenvalue weighted by Crippen LogP contribution is 2.22. The van der Waals surface area contributed by atoms with Gasteiger partial charge in [0.2, 0.25) is 0 Å². The van der Waals surface area contributed by atoms with E-state index in [1.54, 1.807) is 14.0 Å². The Morgan fingerprint density at radius 2 is 1.36 bits per heavy atom. The Hall–Kier alpha value is -3.09. The van der Waals surface area contributed by atoms with Crippen LogP contribution in [0, 0.1) is 23.7 Å². The molecule has 216 valence electrons. The first-order valence-electron chi connectivity index (χ1n) is 14.4. The van der Waals surface area contributed by atoms with E-state index in [0.29, 0.717) is 0 Å². The fraction of sp³-hybridized carbons (Fsp3) is 0.472. The van der Waals surface area contributed by atoms with Crippen LogP contribution in [0.25, 0.3) is 5.57 Å². The van der Waals surface area contributed by atoms with E-state index in [2.05, 4.69) is 80.6 Å². The summed E-state index contributed by atoms with van der Waals surface area (Å²) in [7, 11) is 2.77. The van der Waals surface area contributed by atoms with Crippen LogP contribution in [0.1, 0.15) is 103 Å². The second-order valence-electron chi connectivity index (χ2n) is 9.51. The summed E-state index contributed by atoms with van der Waals surface area (Å²) in [6.07, 6.45) is 8.50. The highest BCUT2D eigenvalue weighted by molar-refractivity contribution is 5.80. The Kier molecular flexibility index (Phi) is 23.4. The summed E-state index contributed by atoms with van der Waals surface area (Å²) < 4.78 is 0. The van der Waals surface area contributed by atoms with E-state index in [4.69, 9.17) is 5.11 Å². The molecule has 0 spiro atoms. The normalized spacial score (nSPS) is 12.4. The predicted octanol–water partition coefficient (Wildman–Crippen LogP) is 8.85. The standard InChI is InChI=1S/C19H18.C7H13NO.C7H14.C2H6.CH4O/c1-4-16-5-7-17(8-6-16)9-10-18-11-13-19(14-12-18)15(2)3;1-5(7(3)9)6(2)8-4;1-7-5-3-2-4-6-7;2*1-2/h5-8,11-14H,2,4H2,1,3H3;5,8H,2H2,1,3-4H3;7H,2-6H2,1H3;1-2H3;2H,1H3. The molecule has 3 heteroatoms. The molecule has 39 heavy (non-hydrogen) atoms. The lowest BCUT2D eigenvalue weighted by Crippen LogP contribution is -2.18. The van der Waals surface area contributed by atoms with Crippen LogP contribution in [-0.4, -0.2) is 25.0 Å². The molecule has 2 aromatic carbocycles. The summed E-state index contributed by atoms with van der Waals surface area (Å²) in [5, 5.41) is 9.83. The van der Waals surface area contributed by atoms with E-state index in [0.717, 1.165) is 47.4 Å². The van der Waals surface area contributed by atoms with E-state index >= 15 is 0 Å². The molecular formula is C36H55NO2. The summed E-state index contributed by atoms with van der Waals surface area (Å²) >= 11 is 0. The Morgan fingerprint density at radius 1 is 0.923 bits per heavy atom. The highest BCUT2D eigenvalue weighted by atomic mass is 16.2. The summed E-state index contributed by atoms with van der Waals surface area (Å²) in [5.74, 6) is 7.50. The number of ketones is 1. The third-order valence-corrected chi connectivity index (χ3v) is 6.44. The second-order valence-corrected chi connectivity index (χ2v) is 9.51. The van der Waals surface area contributed by atoms with Crippen molar-refractivity contribution in [2.24, 2.45) is 11.8 Å². The van der Waals surface area contributed by atoms with E-state index in [1.807, 2.05) is 39.8 Å². The summed E-state index contributed by atoms with van der Waals surface area (Å²) in [5.41, 5.74) is 6.46. The van der Waals surface area contributed by atoms with Crippen LogP contribution in [-0.2, 0) is 11.2 Å². The maximum Gasteiger partial charge on any atom is 0.138 e. The molecule has 1 saturated carbocycles. The molecule has 0 heterocycles. The van der Waals surface area contributed by atoms with E-state index < -0.39 is 0 Å². The van der Waals surface area contributed by atoms with E-state index in [1.165, 1.54) is 37.7 Å². The number of nitrogens with one attached hydrogen (secondary N) is 1. The Labute approximate surface area is 240 Å². The van der Waals surface area contributed by atoms with Gasteiger partial charge in [-0.2, -0.15) is 0 Å². The second kappa shape index (κ2) is 24.0. The van der Waals surface area contributed by atoms with Crippen LogP contribution in [0.4, 0.5) is 0 Å². The van der Waals surface area contributed by atoms with Crippen molar-refractivity contribution in [1.82, 2.24) is 5.32 Å². The maximum atomic E-state index is 10.6. The molecule has 0 bridgehead atoms. The van der Waals surface area contributed by atoms with Crippen molar-refractivity contribution < 1.29 is 9.90 Å². The number of carbonyl (C=O) groups excluding carboxylic acids is 1. The Balaban J connectivity index is 0. The van der Waals surface area contributed by atoms with Gasteiger partial charge < -0.3 is 10.4 Å². The van der Waals surface area contributed by atoms with E-state index in [-0.39, 0.29) is 11.7 Å². The van der Waals surface area contributed by atoms with Crippen LogP contribution in [0.3, 0.4) is 0 Å². The van der Waals surface area contributed by atoms with Gasteiger partial charge in [0.15, 0.2) is 0 Å². The molecule has 1 unspecified atom stereocenters. The molecule has 0 saturated heterocycles. The first-order chi connectivity index (χ1) is 18.7. The van der Waals surface area contributed by atoms with Gasteiger partial charge in [-0.3, -0.25) is 4.79 Å². The van der Waals surface area contributed by atoms with Crippen molar-refractivity contribution in [3.05, 3.63) is 89.6 Å². The fourth-order valence-corrected chi connectivity index (χ4v) is 3.57. The van der Waals surface area contributed by atoms with Crippen LogP contribution in [0.5, 0.6) is 0 Å². The van der Waals surface area contributed by atoms with Gasteiger partial charge in [0, 0.05) is 31.0 Å². The van der Waals surface area contributed by atoms with Gasteiger partial charge in [0.1, 0.15) is 5.78 Å². The van der Waals surface area contributed by atoms with Gasteiger partial charge in [0.25, 0.3) is 0 Å². The maximum absolute atomic E-state index is 10.6. The van der Waals surface area contributed by atoms with Gasteiger partial charge in [-0.05, 0) is 68.5 Å². The fourth-order valence-electron chi connectivity index (χ4n) is 3.57. The van der Waals surface area contributed by atoms with Crippen molar-refractivity contribution >= 4 is 11.4 Å². The Morgan fingerprint density at radius 3 is 1.64 bits per heavy atom. The third-order valence-electron chi connectivity index (χ3n) is 6.44. The first kappa shape index (κ1) is 38.1. The summed E-state index contributed by atoms with van der Waals surface area (Å²) in [4.78, 5) is 10.6. The van der Waals surface area contributed by atoms with Crippen LogP contribution in [0.2, 0.25) is 0 Å². The van der Waals surface area contributed by atoms with Crippen molar-refractivity contribution in [3.63, 3.8) is 0 Å². The molecule has 3 rings (SSSR count). The number of aliphatic hydroxyl groups excluding tert-OH is 1. The van der Waals surface area contributed by atoms with Crippen LogP contribution in [0.15, 0.2) is 67.4 Å². The lowest BCUT2D eigenvalue weighted by Gasteiger charge is -2.15. The SMILES string of the molecule is C=C(C)c1ccc(C#Cc2ccc(CC)cc2)cc1.C=C(NC)C(C)C(C)=O.CC.CC1CCCCC1.CO. The van der Waals surface area contributed by atoms with Gasteiger partial charge in [-0.1, -0.05) is 115 Å². The Bertz CT molecular complexity index is 985. The van der Waals surface area contributed by atoms with Crippen molar-refractivity contribution in [1.29, 1.82) is 0 Å². The molecule has 2 N–H and O–H groups in total. The molecule has 1 aliphatic carbocycles. The number of aryl methyl sites for hydroxylation is 1. The van der Waals surface area contributed by atoms with Gasteiger partial charge >= 0.3 is 0 Å². The number of carbonyl (C=O) groups is 1. The van der Waals surface area contributed by atoms with Crippen molar-refractivity contribution in [2.45, 2.75) is 87.0 Å². The average molecular weight is 534 g/mol. The highest BCUT2D eigenvalue weighted by Gasteiger charge is 2.08. The molecule has 1 atom stereocenters. The molecular weight excluding hydrogens is 478 g/mol. The van der Waals surface area contributed by atoms with Gasteiger partial charge in [-0.25, -0.2) is 0 Å². The lowest BCUT2D eigenvalue weighted by atomic mass is 9.91. The van der Waals surface area contributed by atoms with Crippen LogP contribution < -0.4 is 5.32 Å². The smallest absolute Gasteiger partial charge is 0.138 e. The number of hydrogen-bond acceptors (Lipinski definition) is 3. The topological polar surface area (TPSA) is 49.3 Å². The minimum atomic E-state index is -0.0602. The number of aliphatic hydroxyl groups is 1. The number of hydrogen-bond donors (Lipinski definition) is 2.